The summed E-state index contributed by atoms with van der Waals surface area (Å²) in [7, 11) is 0. The molecule has 2 aliphatic rings. The van der Waals surface area contributed by atoms with Crippen molar-refractivity contribution in [2.24, 2.45) is 0 Å². The van der Waals surface area contributed by atoms with Crippen molar-refractivity contribution in [2.45, 2.75) is 58.5 Å². The van der Waals surface area contributed by atoms with Gasteiger partial charge in [0.15, 0.2) is 0 Å². The van der Waals surface area contributed by atoms with Gasteiger partial charge in [0.05, 0.1) is 13.1 Å². The first-order chi connectivity index (χ1) is 11.5. The number of likely N-dealkylation sites (tertiary alicyclic amines) is 1. The van der Waals surface area contributed by atoms with Crippen molar-refractivity contribution in [3.05, 3.63) is 0 Å². The van der Waals surface area contributed by atoms with Crippen LogP contribution in [0.4, 0.5) is 0 Å². The van der Waals surface area contributed by atoms with E-state index >= 15 is 0 Å². The Balaban J connectivity index is 1.69. The Morgan fingerprint density at radius 2 is 1.67 bits per heavy atom. The number of piperazine rings is 1. The summed E-state index contributed by atoms with van der Waals surface area (Å²) in [6.45, 7) is 11.6. The molecule has 0 aromatic rings. The number of carbonyl (C=O) groups is 2. The summed E-state index contributed by atoms with van der Waals surface area (Å²) in [4.78, 5) is 30.9. The van der Waals surface area contributed by atoms with Crippen LogP contribution < -0.4 is 5.32 Å². The van der Waals surface area contributed by atoms with Crippen LogP contribution in [0.5, 0.6) is 0 Å². The number of nitrogens with one attached hydrogen (secondary N) is 1. The molecule has 6 nitrogen and oxygen atoms in total. The molecule has 0 saturated carbocycles. The van der Waals surface area contributed by atoms with Gasteiger partial charge in [0.2, 0.25) is 11.8 Å². The van der Waals surface area contributed by atoms with Crippen LogP contribution in [0, 0.1) is 0 Å². The highest BCUT2D eigenvalue weighted by atomic mass is 16.2. The van der Waals surface area contributed by atoms with Gasteiger partial charge in [-0.25, -0.2) is 0 Å². The summed E-state index contributed by atoms with van der Waals surface area (Å²) >= 11 is 0. The summed E-state index contributed by atoms with van der Waals surface area (Å²) in [5, 5.41) is 3.01. The molecule has 0 aliphatic carbocycles. The first kappa shape index (κ1) is 19.2. The lowest BCUT2D eigenvalue weighted by Crippen LogP contribution is -2.53. The fraction of sp³-hybridized carbons (Fsp3) is 0.889. The van der Waals surface area contributed by atoms with Crippen molar-refractivity contribution < 1.29 is 9.59 Å². The van der Waals surface area contributed by atoms with E-state index in [0.717, 1.165) is 52.0 Å². The lowest BCUT2D eigenvalue weighted by atomic mass is 10.0. The zero-order chi connectivity index (χ0) is 17.5. The second-order valence-corrected chi connectivity index (χ2v) is 7.36. The maximum atomic E-state index is 12.5. The third kappa shape index (κ3) is 5.74. The molecule has 138 valence electrons. The second-order valence-electron chi connectivity index (χ2n) is 7.36. The molecule has 2 amide bonds. The van der Waals surface area contributed by atoms with E-state index < -0.39 is 0 Å². The summed E-state index contributed by atoms with van der Waals surface area (Å²) in [6.07, 6.45) is 4.46. The van der Waals surface area contributed by atoms with Gasteiger partial charge in [0.1, 0.15) is 0 Å². The van der Waals surface area contributed by atoms with Gasteiger partial charge in [0.25, 0.3) is 0 Å². The lowest BCUT2D eigenvalue weighted by Gasteiger charge is -2.38. The largest absolute Gasteiger partial charge is 0.353 e. The van der Waals surface area contributed by atoms with Crippen LogP contribution in [-0.4, -0.2) is 84.4 Å². The van der Waals surface area contributed by atoms with E-state index in [9.17, 15) is 9.59 Å². The SMILES string of the molecule is CCC(C)NC(=O)CN1CCN(CC(=O)N2CCCCC2C)CC1. The number of hydrogen-bond acceptors (Lipinski definition) is 4. The molecule has 2 aliphatic heterocycles. The van der Waals surface area contributed by atoms with Gasteiger partial charge < -0.3 is 10.2 Å². The Hall–Kier alpha value is -1.14. The normalized spacial score (nSPS) is 24.6. The first-order valence-electron chi connectivity index (χ1n) is 9.53. The van der Waals surface area contributed by atoms with Crippen LogP contribution in [0.2, 0.25) is 0 Å². The Kier molecular flexibility index (Phi) is 7.49. The van der Waals surface area contributed by atoms with E-state index in [1.807, 2.05) is 6.92 Å². The average Bonchev–Trinajstić information content (AvgIpc) is 2.56. The van der Waals surface area contributed by atoms with Crippen molar-refractivity contribution >= 4 is 11.8 Å². The number of amides is 2. The van der Waals surface area contributed by atoms with Gasteiger partial charge in [-0.05, 0) is 39.5 Å². The van der Waals surface area contributed by atoms with Crippen molar-refractivity contribution in [1.82, 2.24) is 20.0 Å². The molecule has 0 aromatic carbocycles. The minimum Gasteiger partial charge on any atom is -0.353 e. The predicted octanol–water partition coefficient (Wildman–Crippen LogP) is 0.920. The van der Waals surface area contributed by atoms with Crippen molar-refractivity contribution in [1.29, 1.82) is 0 Å². The van der Waals surface area contributed by atoms with E-state index in [1.54, 1.807) is 0 Å². The van der Waals surface area contributed by atoms with Gasteiger partial charge in [-0.15, -0.1) is 0 Å². The smallest absolute Gasteiger partial charge is 0.236 e. The minimum absolute atomic E-state index is 0.107. The monoisotopic (exact) mass is 338 g/mol. The van der Waals surface area contributed by atoms with Crippen LogP contribution >= 0.6 is 0 Å². The number of hydrogen-bond donors (Lipinski definition) is 1. The molecular formula is C18H34N4O2. The van der Waals surface area contributed by atoms with Gasteiger partial charge in [-0.3, -0.25) is 19.4 Å². The van der Waals surface area contributed by atoms with Crippen molar-refractivity contribution in [3.63, 3.8) is 0 Å². The first-order valence-corrected chi connectivity index (χ1v) is 9.53. The highest BCUT2D eigenvalue weighted by Gasteiger charge is 2.26. The van der Waals surface area contributed by atoms with Crippen LogP contribution in [0.25, 0.3) is 0 Å². The summed E-state index contributed by atoms with van der Waals surface area (Å²) in [5.74, 6) is 0.376. The molecular weight excluding hydrogens is 304 g/mol. The molecule has 0 spiro atoms. The Bertz CT molecular complexity index is 421. The van der Waals surface area contributed by atoms with Gasteiger partial charge >= 0.3 is 0 Å². The summed E-state index contributed by atoms with van der Waals surface area (Å²) in [6, 6.07) is 0.625. The molecule has 2 saturated heterocycles. The maximum absolute atomic E-state index is 12.5. The molecule has 2 rings (SSSR count). The van der Waals surface area contributed by atoms with E-state index in [-0.39, 0.29) is 17.9 Å². The molecule has 0 bridgehead atoms. The topological polar surface area (TPSA) is 55.9 Å². The fourth-order valence-electron chi connectivity index (χ4n) is 3.48. The summed E-state index contributed by atoms with van der Waals surface area (Å²) in [5.41, 5.74) is 0. The van der Waals surface area contributed by atoms with Crippen LogP contribution in [-0.2, 0) is 9.59 Å². The third-order valence-corrected chi connectivity index (χ3v) is 5.33. The third-order valence-electron chi connectivity index (χ3n) is 5.33. The Labute approximate surface area is 146 Å². The standard InChI is InChI=1S/C18H34N4O2/c1-4-15(2)19-17(23)13-20-9-11-21(12-10-20)14-18(24)22-8-6-5-7-16(22)3/h15-16H,4-14H2,1-3H3,(H,19,23). The van der Waals surface area contributed by atoms with Gasteiger partial charge in [-0.2, -0.15) is 0 Å². The van der Waals surface area contributed by atoms with E-state index in [2.05, 4.69) is 33.9 Å². The number of rotatable bonds is 6. The maximum Gasteiger partial charge on any atom is 0.236 e. The highest BCUT2D eigenvalue weighted by Crippen LogP contribution is 2.16. The van der Waals surface area contributed by atoms with Crippen LogP contribution in [0.3, 0.4) is 0 Å². The molecule has 2 fully saturated rings. The Morgan fingerprint density at radius 1 is 1.04 bits per heavy atom. The predicted molar refractivity (Wildman–Crippen MR) is 95.8 cm³/mol. The zero-order valence-corrected chi connectivity index (χ0v) is 15.6. The molecule has 2 heterocycles. The number of piperidine rings is 1. The van der Waals surface area contributed by atoms with E-state index in [0.29, 0.717) is 19.1 Å². The average molecular weight is 338 g/mol. The number of nitrogens with zero attached hydrogens (tertiary/aromatic N) is 3. The summed E-state index contributed by atoms with van der Waals surface area (Å²) < 4.78 is 0. The molecule has 2 atom stereocenters. The van der Waals surface area contributed by atoms with E-state index in [1.165, 1.54) is 6.42 Å². The zero-order valence-electron chi connectivity index (χ0n) is 15.6. The number of carbonyl (C=O) groups excluding carboxylic acids is 2. The molecule has 2 unspecified atom stereocenters. The molecule has 0 aromatic heterocycles. The minimum atomic E-state index is 0.107. The van der Waals surface area contributed by atoms with E-state index in [4.69, 9.17) is 0 Å². The molecule has 1 N–H and O–H groups in total. The molecule has 24 heavy (non-hydrogen) atoms. The van der Waals surface area contributed by atoms with Crippen molar-refractivity contribution in [2.75, 3.05) is 45.8 Å². The Morgan fingerprint density at radius 3 is 2.25 bits per heavy atom. The van der Waals surface area contributed by atoms with Crippen molar-refractivity contribution in [3.8, 4) is 0 Å². The van der Waals surface area contributed by atoms with Crippen LogP contribution in [0.1, 0.15) is 46.5 Å². The molecule has 0 radical (unpaired) electrons. The fourth-order valence-corrected chi connectivity index (χ4v) is 3.48. The quantitative estimate of drug-likeness (QED) is 0.782. The second kappa shape index (κ2) is 9.37. The van der Waals surface area contributed by atoms with Crippen LogP contribution in [0.15, 0.2) is 0 Å². The van der Waals surface area contributed by atoms with Gasteiger partial charge in [0, 0.05) is 44.8 Å². The van der Waals surface area contributed by atoms with Gasteiger partial charge in [-0.1, -0.05) is 6.92 Å². The highest BCUT2D eigenvalue weighted by molar-refractivity contribution is 5.79. The lowest BCUT2D eigenvalue weighted by molar-refractivity contribution is -0.136. The molecule has 6 heteroatoms.